The number of halogens is 2. The lowest BCUT2D eigenvalue weighted by Gasteiger charge is -2.23. The zero-order valence-corrected chi connectivity index (χ0v) is 14.8. The molecule has 4 nitrogen and oxygen atoms in total. The van der Waals surface area contributed by atoms with Crippen LogP contribution in [0.3, 0.4) is 0 Å². The van der Waals surface area contributed by atoms with Crippen molar-refractivity contribution in [3.8, 4) is 5.75 Å². The van der Waals surface area contributed by atoms with E-state index in [-0.39, 0.29) is 17.7 Å². The van der Waals surface area contributed by atoms with Crippen molar-refractivity contribution in [1.82, 2.24) is 10.2 Å². The molecule has 134 valence electrons. The zero-order valence-electron chi connectivity index (χ0n) is 14.0. The molecular weight excluding hydrogens is 346 g/mol. The maximum atomic E-state index is 12.1. The van der Waals surface area contributed by atoms with Crippen LogP contribution in [0.25, 0.3) is 6.08 Å². The Morgan fingerprint density at radius 1 is 1.28 bits per heavy atom. The van der Waals surface area contributed by atoms with Crippen molar-refractivity contribution in [3.63, 3.8) is 0 Å². The van der Waals surface area contributed by atoms with Gasteiger partial charge in [0.05, 0.1) is 6.04 Å². The molecule has 0 aliphatic rings. The second kappa shape index (κ2) is 9.29. The van der Waals surface area contributed by atoms with Gasteiger partial charge in [-0.3, -0.25) is 4.79 Å². The number of likely N-dealkylation sites (N-methyl/N-ethyl adjacent to an activating group) is 1. The smallest absolute Gasteiger partial charge is 0.387 e. The number of hydrogen-bond acceptors (Lipinski definition) is 4. The summed E-state index contributed by atoms with van der Waals surface area (Å²) < 4.78 is 28.5. The van der Waals surface area contributed by atoms with Gasteiger partial charge in [-0.15, -0.1) is 11.3 Å². The molecule has 1 aromatic carbocycles. The first-order chi connectivity index (χ1) is 12.0. The minimum atomic E-state index is -2.85. The molecule has 0 saturated heterocycles. The van der Waals surface area contributed by atoms with Gasteiger partial charge in [-0.05, 0) is 49.3 Å². The topological polar surface area (TPSA) is 41.6 Å². The molecule has 0 aliphatic heterocycles. The Balaban J connectivity index is 1.87. The van der Waals surface area contributed by atoms with Crippen LogP contribution < -0.4 is 10.1 Å². The molecule has 1 N–H and O–H groups in total. The summed E-state index contributed by atoms with van der Waals surface area (Å²) in [6.45, 7) is -2.35. The van der Waals surface area contributed by atoms with Crippen LogP contribution in [0, 0.1) is 0 Å². The molecule has 1 amide bonds. The maximum absolute atomic E-state index is 12.1. The SMILES string of the molecule is CN(C)C(CNC(=O)/C=C/c1ccc(OC(F)F)cc1)c1cccs1. The summed E-state index contributed by atoms with van der Waals surface area (Å²) in [5.41, 5.74) is 0.721. The highest BCUT2D eigenvalue weighted by Crippen LogP contribution is 2.22. The van der Waals surface area contributed by atoms with E-state index in [2.05, 4.69) is 15.0 Å². The van der Waals surface area contributed by atoms with Crippen molar-refractivity contribution in [2.24, 2.45) is 0 Å². The highest BCUT2D eigenvalue weighted by atomic mass is 32.1. The van der Waals surface area contributed by atoms with Crippen molar-refractivity contribution in [2.45, 2.75) is 12.7 Å². The third-order valence-corrected chi connectivity index (χ3v) is 4.47. The molecule has 2 rings (SSSR count). The van der Waals surface area contributed by atoms with E-state index in [1.807, 2.05) is 31.6 Å². The molecule has 1 atom stereocenters. The fourth-order valence-corrected chi connectivity index (χ4v) is 3.13. The molecule has 1 aromatic heterocycles. The van der Waals surface area contributed by atoms with Crippen molar-refractivity contribution >= 4 is 23.3 Å². The Morgan fingerprint density at radius 3 is 2.56 bits per heavy atom. The Labute approximate surface area is 149 Å². The second-order valence-corrected chi connectivity index (χ2v) is 6.50. The third kappa shape index (κ3) is 6.28. The summed E-state index contributed by atoms with van der Waals surface area (Å²) in [5.74, 6) is -0.127. The summed E-state index contributed by atoms with van der Waals surface area (Å²) in [6, 6.07) is 10.2. The minimum Gasteiger partial charge on any atom is -0.435 e. The number of nitrogens with zero attached hydrogens (tertiary/aromatic N) is 1. The quantitative estimate of drug-likeness (QED) is 0.723. The van der Waals surface area contributed by atoms with Gasteiger partial charge in [-0.1, -0.05) is 18.2 Å². The molecule has 0 saturated carbocycles. The van der Waals surface area contributed by atoms with Crippen molar-refractivity contribution in [2.75, 3.05) is 20.6 Å². The van der Waals surface area contributed by atoms with Gasteiger partial charge in [-0.25, -0.2) is 0 Å². The first-order valence-corrected chi connectivity index (χ1v) is 8.54. The van der Waals surface area contributed by atoms with Gasteiger partial charge in [0.25, 0.3) is 0 Å². The number of rotatable bonds is 8. The van der Waals surface area contributed by atoms with Gasteiger partial charge in [0.2, 0.25) is 5.91 Å². The van der Waals surface area contributed by atoms with Gasteiger partial charge < -0.3 is 15.0 Å². The van der Waals surface area contributed by atoms with Crippen LogP contribution in [-0.2, 0) is 4.79 Å². The summed E-state index contributed by atoms with van der Waals surface area (Å²) in [6.07, 6.45) is 3.04. The van der Waals surface area contributed by atoms with E-state index >= 15 is 0 Å². The normalized spacial score (nSPS) is 12.7. The Bertz CT molecular complexity index is 686. The number of carbonyl (C=O) groups excluding carboxylic acids is 1. The van der Waals surface area contributed by atoms with Crippen molar-refractivity contribution in [3.05, 3.63) is 58.3 Å². The Morgan fingerprint density at radius 2 is 2.00 bits per heavy atom. The lowest BCUT2D eigenvalue weighted by molar-refractivity contribution is -0.116. The minimum absolute atomic E-state index is 0.0846. The number of benzene rings is 1. The Kier molecular flexibility index (Phi) is 7.09. The average molecular weight is 366 g/mol. The largest absolute Gasteiger partial charge is 0.435 e. The number of carbonyl (C=O) groups is 1. The molecule has 1 heterocycles. The number of ether oxygens (including phenoxy) is 1. The maximum Gasteiger partial charge on any atom is 0.387 e. The molecule has 0 spiro atoms. The van der Waals surface area contributed by atoms with Crippen LogP contribution in [0.2, 0.25) is 0 Å². The molecule has 0 bridgehead atoms. The number of nitrogens with one attached hydrogen (secondary N) is 1. The molecule has 0 fully saturated rings. The van der Waals surface area contributed by atoms with E-state index in [9.17, 15) is 13.6 Å². The monoisotopic (exact) mass is 366 g/mol. The van der Waals surface area contributed by atoms with Crippen LogP contribution in [-0.4, -0.2) is 38.1 Å². The number of hydrogen-bond donors (Lipinski definition) is 1. The fourth-order valence-electron chi connectivity index (χ4n) is 2.21. The molecule has 7 heteroatoms. The molecule has 1 unspecified atom stereocenters. The lowest BCUT2D eigenvalue weighted by Crippen LogP contribution is -2.33. The van der Waals surface area contributed by atoms with Crippen LogP contribution in [0.4, 0.5) is 8.78 Å². The van der Waals surface area contributed by atoms with E-state index in [1.165, 1.54) is 23.1 Å². The van der Waals surface area contributed by atoms with Crippen LogP contribution in [0.15, 0.2) is 47.9 Å². The van der Waals surface area contributed by atoms with E-state index in [0.717, 1.165) is 5.56 Å². The highest BCUT2D eigenvalue weighted by molar-refractivity contribution is 7.10. The highest BCUT2D eigenvalue weighted by Gasteiger charge is 2.15. The van der Waals surface area contributed by atoms with Gasteiger partial charge in [0, 0.05) is 17.5 Å². The first kappa shape index (κ1) is 19.1. The molecule has 0 aliphatic carbocycles. The number of alkyl halides is 2. The van der Waals surface area contributed by atoms with Crippen LogP contribution in [0.1, 0.15) is 16.5 Å². The van der Waals surface area contributed by atoms with Crippen LogP contribution in [0.5, 0.6) is 5.75 Å². The van der Waals surface area contributed by atoms with Crippen molar-refractivity contribution < 1.29 is 18.3 Å². The fraction of sp³-hybridized carbons (Fsp3) is 0.278. The summed E-state index contributed by atoms with van der Waals surface area (Å²) >= 11 is 1.65. The standard InChI is InChI=1S/C18H20F2N2O2S/c1-22(2)15(16-4-3-11-25-16)12-21-17(23)10-7-13-5-8-14(9-6-13)24-18(19)20/h3-11,15,18H,12H2,1-2H3,(H,21,23)/b10-7+. The summed E-state index contributed by atoms with van der Waals surface area (Å²) in [5, 5.41) is 4.88. The van der Waals surface area contributed by atoms with Gasteiger partial charge in [0.1, 0.15) is 5.75 Å². The predicted octanol–water partition coefficient (Wildman–Crippen LogP) is 3.78. The summed E-state index contributed by atoms with van der Waals surface area (Å²) in [4.78, 5) is 15.2. The number of amides is 1. The van der Waals surface area contributed by atoms with Gasteiger partial charge in [-0.2, -0.15) is 8.78 Å². The van der Waals surface area contributed by atoms with Crippen LogP contribution >= 0.6 is 11.3 Å². The molecular formula is C18H20F2N2O2S. The second-order valence-electron chi connectivity index (χ2n) is 5.52. The van der Waals surface area contributed by atoms with E-state index in [0.29, 0.717) is 6.54 Å². The predicted molar refractivity (Wildman–Crippen MR) is 95.9 cm³/mol. The first-order valence-electron chi connectivity index (χ1n) is 7.66. The molecule has 2 aromatic rings. The van der Waals surface area contributed by atoms with Gasteiger partial charge >= 0.3 is 6.61 Å². The molecule has 0 radical (unpaired) electrons. The van der Waals surface area contributed by atoms with Gasteiger partial charge in [0.15, 0.2) is 0 Å². The van der Waals surface area contributed by atoms with E-state index < -0.39 is 6.61 Å². The summed E-state index contributed by atoms with van der Waals surface area (Å²) in [7, 11) is 3.94. The zero-order chi connectivity index (χ0) is 18.2. The van der Waals surface area contributed by atoms with E-state index in [4.69, 9.17) is 0 Å². The number of thiophene rings is 1. The Hall–Kier alpha value is -2.25. The average Bonchev–Trinajstić information content (AvgIpc) is 3.08. The van der Waals surface area contributed by atoms with E-state index in [1.54, 1.807) is 29.5 Å². The van der Waals surface area contributed by atoms with Crippen molar-refractivity contribution in [1.29, 1.82) is 0 Å². The lowest BCUT2D eigenvalue weighted by atomic mass is 10.2. The molecule has 25 heavy (non-hydrogen) atoms. The third-order valence-electron chi connectivity index (χ3n) is 3.50.